The molecule has 0 saturated carbocycles. The summed E-state index contributed by atoms with van der Waals surface area (Å²) in [7, 11) is 0. The molecule has 5 nitrogen and oxygen atoms in total. The van der Waals surface area contributed by atoms with E-state index in [1.807, 2.05) is 0 Å². The fraction of sp³-hybridized carbons (Fsp3) is 0.412. The molecule has 138 valence electrons. The summed E-state index contributed by atoms with van der Waals surface area (Å²) >= 11 is 0.429. The first-order valence-corrected chi connectivity index (χ1v) is 9.08. The SMILES string of the molecule is O=C(NC1CC2CCC1N2)c1ccc(Oc2ncc(C(F)(F)F)s2)cc1. The summed E-state index contributed by atoms with van der Waals surface area (Å²) in [5.41, 5.74) is 0.482. The second kappa shape index (κ2) is 6.55. The van der Waals surface area contributed by atoms with Crippen LogP contribution >= 0.6 is 11.3 Å². The van der Waals surface area contributed by atoms with Crippen LogP contribution < -0.4 is 15.4 Å². The number of ether oxygens (including phenoxy) is 1. The van der Waals surface area contributed by atoms with Gasteiger partial charge in [0.25, 0.3) is 11.1 Å². The molecule has 9 heteroatoms. The largest absolute Gasteiger partial charge is 0.431 e. The van der Waals surface area contributed by atoms with E-state index in [0.717, 1.165) is 25.5 Å². The van der Waals surface area contributed by atoms with Crippen LogP contribution in [0.3, 0.4) is 0 Å². The van der Waals surface area contributed by atoms with Gasteiger partial charge in [0.15, 0.2) is 0 Å². The fourth-order valence-electron chi connectivity index (χ4n) is 3.45. The third kappa shape index (κ3) is 3.54. The van der Waals surface area contributed by atoms with E-state index < -0.39 is 11.1 Å². The van der Waals surface area contributed by atoms with E-state index in [4.69, 9.17) is 4.74 Å². The summed E-state index contributed by atoms with van der Waals surface area (Å²) in [5.74, 6) is 0.163. The van der Waals surface area contributed by atoms with Crippen LogP contribution in [0.15, 0.2) is 30.5 Å². The van der Waals surface area contributed by atoms with Crippen molar-refractivity contribution in [3.63, 3.8) is 0 Å². The molecule has 0 radical (unpaired) electrons. The van der Waals surface area contributed by atoms with Gasteiger partial charge in [-0.05, 0) is 43.5 Å². The molecule has 0 spiro atoms. The summed E-state index contributed by atoms with van der Waals surface area (Å²) in [4.78, 5) is 15.1. The lowest BCUT2D eigenvalue weighted by Crippen LogP contribution is -2.42. The quantitative estimate of drug-likeness (QED) is 0.847. The summed E-state index contributed by atoms with van der Waals surface area (Å²) in [6, 6.07) is 7.26. The second-order valence-electron chi connectivity index (χ2n) is 6.48. The minimum absolute atomic E-state index is 0.0948. The lowest BCUT2D eigenvalue weighted by atomic mass is 9.95. The number of hydrogen-bond donors (Lipinski definition) is 2. The van der Waals surface area contributed by atoms with Gasteiger partial charge < -0.3 is 15.4 Å². The smallest absolute Gasteiger partial charge is 0.427 e. The van der Waals surface area contributed by atoms with E-state index in [0.29, 0.717) is 34.7 Å². The Balaban J connectivity index is 1.37. The number of carbonyl (C=O) groups is 1. The van der Waals surface area contributed by atoms with Gasteiger partial charge in [0.05, 0.1) is 6.20 Å². The molecule has 1 aromatic carbocycles. The van der Waals surface area contributed by atoms with Crippen molar-refractivity contribution in [3.8, 4) is 10.9 Å². The molecule has 3 unspecified atom stereocenters. The highest BCUT2D eigenvalue weighted by molar-refractivity contribution is 7.13. The molecule has 0 aliphatic carbocycles. The molecule has 26 heavy (non-hydrogen) atoms. The van der Waals surface area contributed by atoms with Crippen LogP contribution in [-0.2, 0) is 6.18 Å². The van der Waals surface area contributed by atoms with Gasteiger partial charge in [0.2, 0.25) is 0 Å². The maximum absolute atomic E-state index is 12.6. The number of nitrogens with one attached hydrogen (secondary N) is 2. The van der Waals surface area contributed by atoms with E-state index in [2.05, 4.69) is 15.6 Å². The third-order valence-corrected chi connectivity index (χ3v) is 5.62. The molecular formula is C17H16F3N3O2S. The monoisotopic (exact) mass is 383 g/mol. The standard InChI is InChI=1S/C17H16F3N3O2S/c18-17(19,20)14-8-21-16(26-14)25-11-4-1-9(2-5-11)15(24)23-13-7-10-3-6-12(13)22-10/h1-2,4-5,8,10,12-13,22H,3,6-7H2,(H,23,24). The molecule has 2 aromatic rings. The van der Waals surface area contributed by atoms with Crippen LogP contribution in [0, 0.1) is 0 Å². The van der Waals surface area contributed by atoms with Gasteiger partial charge in [-0.1, -0.05) is 11.3 Å². The molecule has 2 aliphatic heterocycles. The molecule has 1 amide bonds. The van der Waals surface area contributed by atoms with E-state index in [1.165, 1.54) is 0 Å². The Kier molecular flexibility index (Phi) is 4.36. The average Bonchev–Trinajstić information content (AvgIpc) is 3.31. The van der Waals surface area contributed by atoms with Gasteiger partial charge in [-0.2, -0.15) is 13.2 Å². The Bertz CT molecular complexity index is 806. The van der Waals surface area contributed by atoms with Gasteiger partial charge >= 0.3 is 6.18 Å². The highest BCUT2D eigenvalue weighted by Crippen LogP contribution is 2.37. The van der Waals surface area contributed by atoms with Crippen molar-refractivity contribution in [2.75, 3.05) is 0 Å². The first-order chi connectivity index (χ1) is 12.4. The van der Waals surface area contributed by atoms with Crippen LogP contribution in [-0.4, -0.2) is 29.0 Å². The van der Waals surface area contributed by atoms with Crippen molar-refractivity contribution < 1.29 is 22.7 Å². The number of alkyl halides is 3. The lowest BCUT2D eigenvalue weighted by Gasteiger charge is -2.21. The maximum Gasteiger partial charge on any atom is 0.427 e. The predicted octanol–water partition coefficient (Wildman–Crippen LogP) is 3.58. The van der Waals surface area contributed by atoms with Crippen molar-refractivity contribution >= 4 is 17.2 Å². The Hall–Kier alpha value is -2.13. The van der Waals surface area contributed by atoms with Crippen LogP contribution in [0.25, 0.3) is 0 Å². The predicted molar refractivity (Wildman–Crippen MR) is 89.4 cm³/mol. The molecule has 1 aromatic heterocycles. The van der Waals surface area contributed by atoms with E-state index in [-0.39, 0.29) is 17.1 Å². The molecule has 2 fully saturated rings. The number of rotatable bonds is 4. The molecule has 3 heterocycles. The van der Waals surface area contributed by atoms with Crippen molar-refractivity contribution in [3.05, 3.63) is 40.9 Å². The number of benzene rings is 1. The Morgan fingerprint density at radius 2 is 2.04 bits per heavy atom. The summed E-state index contributed by atoms with van der Waals surface area (Å²) in [5, 5.41) is 6.41. The number of carbonyl (C=O) groups excluding carboxylic acids is 1. The molecule has 2 saturated heterocycles. The molecule has 3 atom stereocenters. The van der Waals surface area contributed by atoms with E-state index in [9.17, 15) is 18.0 Å². The van der Waals surface area contributed by atoms with Crippen molar-refractivity contribution in [1.29, 1.82) is 0 Å². The van der Waals surface area contributed by atoms with Crippen molar-refractivity contribution in [1.82, 2.24) is 15.6 Å². The van der Waals surface area contributed by atoms with Gasteiger partial charge in [-0.25, -0.2) is 4.98 Å². The average molecular weight is 383 g/mol. The van der Waals surface area contributed by atoms with Gasteiger partial charge in [-0.3, -0.25) is 4.79 Å². The van der Waals surface area contributed by atoms with Crippen molar-refractivity contribution in [2.24, 2.45) is 0 Å². The number of nitrogens with zero attached hydrogens (tertiary/aromatic N) is 1. The van der Waals surface area contributed by atoms with Crippen LogP contribution in [0.5, 0.6) is 10.9 Å². The minimum Gasteiger partial charge on any atom is -0.431 e. The zero-order valence-corrected chi connectivity index (χ0v) is 14.4. The molecule has 2 bridgehead atoms. The van der Waals surface area contributed by atoms with Crippen LogP contribution in [0.4, 0.5) is 13.2 Å². The number of thiazole rings is 1. The molecule has 2 N–H and O–H groups in total. The number of aromatic nitrogens is 1. The Morgan fingerprint density at radius 1 is 1.27 bits per heavy atom. The molecular weight excluding hydrogens is 367 g/mol. The Labute approximate surface area is 151 Å². The highest BCUT2D eigenvalue weighted by atomic mass is 32.1. The normalized spacial score (nSPS) is 24.7. The summed E-state index contributed by atoms with van der Waals surface area (Å²) < 4.78 is 43.0. The number of hydrogen-bond acceptors (Lipinski definition) is 5. The zero-order chi connectivity index (χ0) is 18.3. The van der Waals surface area contributed by atoms with Crippen LogP contribution in [0.1, 0.15) is 34.5 Å². The first kappa shape index (κ1) is 17.3. The summed E-state index contributed by atoms with van der Waals surface area (Å²) in [6.45, 7) is 0. The van der Waals surface area contributed by atoms with Gasteiger partial charge in [0.1, 0.15) is 10.6 Å². The minimum atomic E-state index is -4.43. The second-order valence-corrected chi connectivity index (χ2v) is 7.47. The zero-order valence-electron chi connectivity index (χ0n) is 13.5. The fourth-order valence-corrected chi connectivity index (χ4v) is 4.10. The number of amides is 1. The molecule has 4 rings (SSSR count). The molecule has 2 aliphatic rings. The number of fused-ring (bicyclic) bond motifs is 2. The van der Waals surface area contributed by atoms with E-state index in [1.54, 1.807) is 24.3 Å². The van der Waals surface area contributed by atoms with Gasteiger partial charge in [0, 0.05) is 23.7 Å². The number of halogens is 3. The van der Waals surface area contributed by atoms with Gasteiger partial charge in [-0.15, -0.1) is 0 Å². The maximum atomic E-state index is 12.6. The highest BCUT2D eigenvalue weighted by Gasteiger charge is 2.39. The third-order valence-electron chi connectivity index (χ3n) is 4.70. The summed E-state index contributed by atoms with van der Waals surface area (Å²) in [6.07, 6.45) is -0.504. The van der Waals surface area contributed by atoms with Crippen molar-refractivity contribution in [2.45, 2.75) is 43.6 Å². The first-order valence-electron chi connectivity index (χ1n) is 8.26. The Morgan fingerprint density at radius 3 is 2.62 bits per heavy atom. The van der Waals surface area contributed by atoms with Crippen LogP contribution in [0.2, 0.25) is 0 Å². The lowest BCUT2D eigenvalue weighted by molar-refractivity contribution is -0.134. The van der Waals surface area contributed by atoms with E-state index >= 15 is 0 Å². The topological polar surface area (TPSA) is 63.2 Å².